The Morgan fingerprint density at radius 3 is 2.75 bits per heavy atom. The third kappa shape index (κ3) is 2.87. The van der Waals surface area contributed by atoms with E-state index in [9.17, 15) is 4.79 Å². The molecule has 0 saturated heterocycles. The molecule has 1 heterocycles. The molecule has 0 spiro atoms. The van der Waals surface area contributed by atoms with Gasteiger partial charge in [-0.2, -0.15) is 0 Å². The summed E-state index contributed by atoms with van der Waals surface area (Å²) < 4.78 is 0. The fourth-order valence-corrected chi connectivity index (χ4v) is 2.43. The summed E-state index contributed by atoms with van der Waals surface area (Å²) in [4.78, 5) is 18.8. The molecule has 0 N–H and O–H groups in total. The first-order valence-corrected chi connectivity index (χ1v) is 7.02. The summed E-state index contributed by atoms with van der Waals surface area (Å²) in [5.41, 5.74) is 2.25. The van der Waals surface area contributed by atoms with Crippen LogP contribution in [0.15, 0.2) is 48.7 Å². The van der Waals surface area contributed by atoms with Crippen LogP contribution in [0.2, 0.25) is 0 Å². The number of pyridine rings is 1. The SMILES string of the molecule is Cc1cccc(CC(=O)N(c2ccccn2)C2CC2)c1. The minimum Gasteiger partial charge on any atom is -0.293 e. The number of hydrogen-bond acceptors (Lipinski definition) is 2. The van der Waals surface area contributed by atoms with Crippen LogP contribution in [0.3, 0.4) is 0 Å². The van der Waals surface area contributed by atoms with E-state index in [0.29, 0.717) is 12.5 Å². The maximum Gasteiger partial charge on any atom is 0.232 e. The molecule has 1 aliphatic rings. The van der Waals surface area contributed by atoms with Crippen molar-refractivity contribution in [3.8, 4) is 0 Å². The molecule has 1 aromatic heterocycles. The second kappa shape index (κ2) is 5.45. The van der Waals surface area contributed by atoms with Crippen LogP contribution in [0.1, 0.15) is 24.0 Å². The number of hydrogen-bond donors (Lipinski definition) is 0. The highest BCUT2D eigenvalue weighted by Gasteiger charge is 2.34. The van der Waals surface area contributed by atoms with Gasteiger partial charge in [0.25, 0.3) is 0 Å². The monoisotopic (exact) mass is 266 g/mol. The number of carbonyl (C=O) groups is 1. The van der Waals surface area contributed by atoms with Crippen LogP contribution in [0, 0.1) is 6.92 Å². The second-order valence-electron chi connectivity index (χ2n) is 5.35. The summed E-state index contributed by atoms with van der Waals surface area (Å²) in [7, 11) is 0. The van der Waals surface area contributed by atoms with E-state index in [1.54, 1.807) is 6.20 Å². The van der Waals surface area contributed by atoms with Crippen LogP contribution in [0.5, 0.6) is 0 Å². The number of anilines is 1. The molecule has 1 fully saturated rings. The topological polar surface area (TPSA) is 33.2 Å². The van der Waals surface area contributed by atoms with Gasteiger partial charge in [-0.1, -0.05) is 35.9 Å². The number of aromatic nitrogens is 1. The Kier molecular flexibility index (Phi) is 3.50. The Morgan fingerprint density at radius 2 is 2.10 bits per heavy atom. The van der Waals surface area contributed by atoms with Crippen LogP contribution in [0.25, 0.3) is 0 Å². The van der Waals surface area contributed by atoms with Crippen molar-refractivity contribution in [3.05, 3.63) is 59.8 Å². The van der Waals surface area contributed by atoms with Crippen molar-refractivity contribution in [2.24, 2.45) is 0 Å². The number of carbonyl (C=O) groups excluding carboxylic acids is 1. The Balaban J connectivity index is 1.80. The predicted octanol–water partition coefficient (Wildman–Crippen LogP) is 3.13. The third-order valence-electron chi connectivity index (χ3n) is 3.51. The van der Waals surface area contributed by atoms with E-state index in [2.05, 4.69) is 11.1 Å². The first-order chi connectivity index (χ1) is 9.74. The van der Waals surface area contributed by atoms with E-state index < -0.39 is 0 Å². The lowest BCUT2D eigenvalue weighted by Gasteiger charge is -2.21. The smallest absolute Gasteiger partial charge is 0.232 e. The van der Waals surface area contributed by atoms with Gasteiger partial charge in [-0.05, 0) is 37.5 Å². The van der Waals surface area contributed by atoms with Gasteiger partial charge in [0, 0.05) is 12.2 Å². The van der Waals surface area contributed by atoms with Crippen LogP contribution in [-0.4, -0.2) is 16.9 Å². The molecule has 20 heavy (non-hydrogen) atoms. The quantitative estimate of drug-likeness (QED) is 0.851. The van der Waals surface area contributed by atoms with Gasteiger partial charge in [0.2, 0.25) is 5.91 Å². The van der Waals surface area contributed by atoms with E-state index in [1.165, 1.54) is 5.56 Å². The standard InChI is InChI=1S/C17H18N2O/c1-13-5-4-6-14(11-13)12-17(20)19(15-8-9-15)16-7-2-3-10-18-16/h2-7,10-11,15H,8-9,12H2,1H3. The predicted molar refractivity (Wildman–Crippen MR) is 79.6 cm³/mol. The molecule has 102 valence electrons. The molecule has 3 rings (SSSR count). The fraction of sp³-hybridized carbons (Fsp3) is 0.294. The van der Waals surface area contributed by atoms with Crippen LogP contribution in [0.4, 0.5) is 5.82 Å². The lowest BCUT2D eigenvalue weighted by molar-refractivity contribution is -0.118. The van der Waals surface area contributed by atoms with Gasteiger partial charge in [-0.25, -0.2) is 4.98 Å². The zero-order valence-corrected chi connectivity index (χ0v) is 11.6. The van der Waals surface area contributed by atoms with Crippen LogP contribution >= 0.6 is 0 Å². The Bertz CT molecular complexity index is 605. The molecule has 1 aromatic carbocycles. The molecule has 0 atom stereocenters. The molecule has 2 aromatic rings. The van der Waals surface area contributed by atoms with Crippen molar-refractivity contribution in [2.75, 3.05) is 4.90 Å². The van der Waals surface area contributed by atoms with Gasteiger partial charge in [0.05, 0.1) is 6.42 Å². The molecular weight excluding hydrogens is 248 g/mol. The molecule has 1 saturated carbocycles. The highest BCUT2D eigenvalue weighted by atomic mass is 16.2. The zero-order valence-electron chi connectivity index (χ0n) is 11.6. The first-order valence-electron chi connectivity index (χ1n) is 7.02. The maximum atomic E-state index is 12.6. The summed E-state index contributed by atoms with van der Waals surface area (Å²) in [5.74, 6) is 0.907. The van der Waals surface area contributed by atoms with Crippen molar-refractivity contribution in [3.63, 3.8) is 0 Å². The molecule has 0 radical (unpaired) electrons. The molecule has 1 aliphatic carbocycles. The highest BCUT2D eigenvalue weighted by molar-refractivity contribution is 5.94. The van der Waals surface area contributed by atoms with E-state index in [1.807, 2.05) is 48.2 Å². The number of aryl methyl sites for hydroxylation is 1. The van der Waals surface area contributed by atoms with Crippen molar-refractivity contribution >= 4 is 11.7 Å². The van der Waals surface area contributed by atoms with Crippen LogP contribution < -0.4 is 4.90 Å². The van der Waals surface area contributed by atoms with E-state index >= 15 is 0 Å². The fourth-order valence-electron chi connectivity index (χ4n) is 2.43. The average Bonchev–Trinajstić information content (AvgIpc) is 3.25. The summed E-state index contributed by atoms with van der Waals surface area (Å²) in [6.45, 7) is 2.05. The van der Waals surface area contributed by atoms with Crippen molar-refractivity contribution in [2.45, 2.75) is 32.2 Å². The van der Waals surface area contributed by atoms with Gasteiger partial charge in [-0.3, -0.25) is 9.69 Å². The van der Waals surface area contributed by atoms with Crippen molar-refractivity contribution in [1.82, 2.24) is 4.98 Å². The van der Waals surface area contributed by atoms with E-state index in [0.717, 1.165) is 24.2 Å². The minimum absolute atomic E-state index is 0.136. The van der Waals surface area contributed by atoms with E-state index in [4.69, 9.17) is 0 Å². The summed E-state index contributed by atoms with van der Waals surface area (Å²) in [5, 5.41) is 0. The molecule has 3 heteroatoms. The van der Waals surface area contributed by atoms with Gasteiger partial charge in [-0.15, -0.1) is 0 Å². The highest BCUT2D eigenvalue weighted by Crippen LogP contribution is 2.31. The van der Waals surface area contributed by atoms with Gasteiger partial charge < -0.3 is 0 Å². The van der Waals surface area contributed by atoms with Gasteiger partial charge in [0.15, 0.2) is 0 Å². The van der Waals surface area contributed by atoms with Crippen molar-refractivity contribution in [1.29, 1.82) is 0 Å². The lowest BCUT2D eigenvalue weighted by Crippen LogP contribution is -2.34. The Hall–Kier alpha value is -2.16. The van der Waals surface area contributed by atoms with Crippen LogP contribution in [-0.2, 0) is 11.2 Å². The summed E-state index contributed by atoms with van der Waals surface area (Å²) in [6, 6.07) is 14.2. The Labute approximate surface area is 119 Å². The molecule has 0 bridgehead atoms. The molecule has 1 amide bonds. The third-order valence-corrected chi connectivity index (χ3v) is 3.51. The molecule has 0 unspecified atom stereocenters. The minimum atomic E-state index is 0.136. The maximum absolute atomic E-state index is 12.6. The molecule has 3 nitrogen and oxygen atoms in total. The summed E-state index contributed by atoms with van der Waals surface area (Å²) in [6.07, 6.45) is 4.34. The lowest BCUT2D eigenvalue weighted by atomic mass is 10.1. The zero-order chi connectivity index (χ0) is 13.9. The van der Waals surface area contributed by atoms with Gasteiger partial charge >= 0.3 is 0 Å². The molecule has 0 aliphatic heterocycles. The first kappa shape index (κ1) is 12.9. The number of nitrogens with zero attached hydrogens (tertiary/aromatic N) is 2. The number of rotatable bonds is 4. The number of amides is 1. The van der Waals surface area contributed by atoms with Gasteiger partial charge in [0.1, 0.15) is 5.82 Å². The largest absolute Gasteiger partial charge is 0.293 e. The summed E-state index contributed by atoms with van der Waals surface area (Å²) >= 11 is 0. The van der Waals surface area contributed by atoms with E-state index in [-0.39, 0.29) is 5.91 Å². The Morgan fingerprint density at radius 1 is 1.25 bits per heavy atom. The van der Waals surface area contributed by atoms with Crippen molar-refractivity contribution < 1.29 is 4.79 Å². The second-order valence-corrected chi connectivity index (χ2v) is 5.35. The molecular formula is C17H18N2O. The number of benzene rings is 1. The normalized spacial score (nSPS) is 14.1. The average molecular weight is 266 g/mol.